The van der Waals surface area contributed by atoms with Gasteiger partial charge in [0, 0.05) is 44.4 Å². The van der Waals surface area contributed by atoms with Gasteiger partial charge in [-0.05, 0) is 113 Å². The van der Waals surface area contributed by atoms with Gasteiger partial charge in [-0.2, -0.15) is 0 Å². The first kappa shape index (κ1) is 36.3. The van der Waals surface area contributed by atoms with Crippen LogP contribution in [0.4, 0.5) is 0 Å². The van der Waals surface area contributed by atoms with Crippen molar-refractivity contribution in [3.8, 4) is 22.6 Å². The molecule has 4 nitrogen and oxygen atoms in total. The van der Waals surface area contributed by atoms with Crippen LogP contribution in [0.3, 0.4) is 0 Å². The highest BCUT2D eigenvalue weighted by molar-refractivity contribution is 7.74. The van der Waals surface area contributed by atoms with Crippen LogP contribution in [0.25, 0.3) is 11.1 Å². The molecule has 0 unspecified atom stereocenters. The summed E-state index contributed by atoms with van der Waals surface area (Å²) in [5, 5.41) is 2.15. The normalized spacial score (nSPS) is 21.4. The van der Waals surface area contributed by atoms with E-state index in [-0.39, 0.29) is 22.6 Å². The van der Waals surface area contributed by atoms with Gasteiger partial charge in [0.15, 0.2) is 0 Å². The van der Waals surface area contributed by atoms with Gasteiger partial charge in [0.25, 0.3) is 0 Å². The Kier molecular flexibility index (Phi) is 11.6. The van der Waals surface area contributed by atoms with Crippen molar-refractivity contribution in [3.63, 3.8) is 0 Å². The zero-order valence-electron chi connectivity index (χ0n) is 31.1. The molecular formula is C42H64O4P2. The number of methoxy groups -OCH3 is 2. The van der Waals surface area contributed by atoms with Crippen LogP contribution in [0.2, 0.25) is 0 Å². The molecule has 48 heavy (non-hydrogen) atoms. The Morgan fingerprint density at radius 2 is 0.708 bits per heavy atom. The highest BCUT2D eigenvalue weighted by Gasteiger charge is 2.48. The second kappa shape index (κ2) is 15.4. The summed E-state index contributed by atoms with van der Waals surface area (Å²) in [6.07, 6.45) is 22.8. The summed E-state index contributed by atoms with van der Waals surface area (Å²) in [6.45, 7) is 8.67. The lowest BCUT2D eigenvalue weighted by Crippen LogP contribution is -2.34. The highest BCUT2D eigenvalue weighted by atomic mass is 31.2. The molecule has 4 saturated carbocycles. The summed E-state index contributed by atoms with van der Waals surface area (Å²) in [7, 11) is -2.22. The number of benzene rings is 2. The Morgan fingerprint density at radius 1 is 0.458 bits per heavy atom. The van der Waals surface area contributed by atoms with Gasteiger partial charge in [0.2, 0.25) is 0 Å². The van der Waals surface area contributed by atoms with Crippen molar-refractivity contribution in [1.82, 2.24) is 0 Å². The van der Waals surface area contributed by atoms with E-state index in [0.717, 1.165) is 107 Å². The van der Waals surface area contributed by atoms with Crippen LogP contribution in [0, 0.1) is 27.7 Å². The van der Waals surface area contributed by atoms with Gasteiger partial charge in [-0.3, -0.25) is 0 Å². The molecule has 0 atom stereocenters. The van der Waals surface area contributed by atoms with Crippen molar-refractivity contribution < 1.29 is 18.6 Å². The van der Waals surface area contributed by atoms with Gasteiger partial charge < -0.3 is 18.6 Å². The van der Waals surface area contributed by atoms with E-state index in [1.165, 1.54) is 77.0 Å². The maximum atomic E-state index is 16.6. The average molecular weight is 695 g/mol. The maximum Gasteiger partial charge on any atom is 0.125 e. The van der Waals surface area contributed by atoms with Gasteiger partial charge in [-0.15, -0.1) is 0 Å². The zero-order chi connectivity index (χ0) is 34.1. The molecule has 266 valence electrons. The average Bonchev–Trinajstić information content (AvgIpc) is 3.13. The molecule has 0 amide bonds. The monoisotopic (exact) mass is 694 g/mol. The van der Waals surface area contributed by atoms with E-state index < -0.39 is 14.3 Å². The Hall–Kier alpha value is -1.50. The molecule has 0 heterocycles. The molecule has 6 heteroatoms. The first-order chi connectivity index (χ1) is 23.2. The fourth-order valence-electron chi connectivity index (χ4n) is 10.9. The third kappa shape index (κ3) is 6.42. The van der Waals surface area contributed by atoms with E-state index in [1.807, 2.05) is 0 Å². The van der Waals surface area contributed by atoms with Crippen molar-refractivity contribution >= 4 is 24.9 Å². The Balaban J connectivity index is 1.72. The zero-order valence-corrected chi connectivity index (χ0v) is 32.9. The van der Waals surface area contributed by atoms with Crippen LogP contribution in [-0.2, 0) is 9.13 Å². The fourth-order valence-corrected chi connectivity index (χ4v) is 20.3. The van der Waals surface area contributed by atoms with Crippen LogP contribution in [0.5, 0.6) is 11.5 Å². The summed E-state index contributed by atoms with van der Waals surface area (Å²) in [5.41, 5.74) is 7.31. The topological polar surface area (TPSA) is 52.6 Å². The van der Waals surface area contributed by atoms with E-state index in [2.05, 4.69) is 39.8 Å². The molecule has 2 aromatic carbocycles. The molecular weight excluding hydrogens is 630 g/mol. The minimum Gasteiger partial charge on any atom is -0.496 e. The standard InChI is InChI=1S/C42H64O4P2/c1-29-27-37(47(43,33-19-11-7-12-20-33)34-21-13-8-14-22-34)39(31(3)41(29)45-5)40-32(4)42(46-6)30(2)28-38(40)48(44,35-23-15-9-16-24-35)36-25-17-10-18-26-36/h27-28,33-36H,7-26H2,1-6H3. The minimum absolute atomic E-state index is 0.222. The van der Waals surface area contributed by atoms with Crippen LogP contribution < -0.4 is 20.1 Å². The summed E-state index contributed by atoms with van der Waals surface area (Å²) in [5.74, 6) is 1.75. The van der Waals surface area contributed by atoms with E-state index in [1.54, 1.807) is 14.2 Å². The van der Waals surface area contributed by atoms with Gasteiger partial charge >= 0.3 is 0 Å². The third-order valence-corrected chi connectivity index (χ3v) is 21.9. The summed E-state index contributed by atoms with van der Waals surface area (Å²) < 4.78 is 45.5. The molecule has 2 aromatic rings. The lowest BCUT2D eigenvalue weighted by Gasteiger charge is -2.42. The van der Waals surface area contributed by atoms with E-state index in [9.17, 15) is 0 Å². The fraction of sp³-hybridized carbons (Fsp3) is 0.714. The lowest BCUT2D eigenvalue weighted by atomic mass is 9.92. The van der Waals surface area contributed by atoms with Gasteiger partial charge in [-0.1, -0.05) is 77.0 Å². The van der Waals surface area contributed by atoms with Gasteiger partial charge in [0.1, 0.15) is 25.8 Å². The Morgan fingerprint density at radius 3 is 0.938 bits per heavy atom. The number of aryl methyl sites for hydroxylation is 2. The molecule has 0 spiro atoms. The quantitative estimate of drug-likeness (QED) is 0.245. The lowest BCUT2D eigenvalue weighted by molar-refractivity contribution is 0.408. The number of hydrogen-bond acceptors (Lipinski definition) is 4. The van der Waals surface area contributed by atoms with Gasteiger partial charge in [0.05, 0.1) is 14.2 Å². The largest absolute Gasteiger partial charge is 0.496 e. The van der Waals surface area contributed by atoms with Crippen molar-refractivity contribution in [2.24, 2.45) is 0 Å². The van der Waals surface area contributed by atoms with Crippen LogP contribution in [-0.4, -0.2) is 36.9 Å². The van der Waals surface area contributed by atoms with E-state index in [0.29, 0.717) is 0 Å². The first-order valence-electron chi connectivity index (χ1n) is 19.7. The minimum atomic E-state index is -2.89. The van der Waals surface area contributed by atoms with Crippen LogP contribution in [0.1, 0.15) is 151 Å². The molecule has 4 aliphatic carbocycles. The number of rotatable bonds is 9. The third-order valence-electron chi connectivity index (χ3n) is 13.2. The molecule has 0 bridgehead atoms. The molecule has 0 saturated heterocycles. The van der Waals surface area contributed by atoms with Crippen molar-refractivity contribution in [2.45, 2.75) is 179 Å². The summed E-state index contributed by atoms with van der Waals surface area (Å²) in [4.78, 5) is 0. The highest BCUT2D eigenvalue weighted by Crippen LogP contribution is 2.66. The Bertz CT molecular complexity index is 1380. The molecule has 0 N–H and O–H groups in total. The predicted molar refractivity (Wildman–Crippen MR) is 206 cm³/mol. The second-order valence-corrected chi connectivity index (χ2v) is 22.8. The summed E-state index contributed by atoms with van der Waals surface area (Å²) in [6, 6.07) is 4.57. The van der Waals surface area contributed by atoms with Crippen molar-refractivity contribution in [3.05, 3.63) is 34.4 Å². The van der Waals surface area contributed by atoms with Crippen molar-refractivity contribution in [1.29, 1.82) is 0 Å². The van der Waals surface area contributed by atoms with E-state index in [4.69, 9.17) is 9.47 Å². The summed E-state index contributed by atoms with van der Waals surface area (Å²) >= 11 is 0. The maximum absolute atomic E-state index is 16.6. The predicted octanol–water partition coefficient (Wildman–Crippen LogP) is 11.9. The molecule has 6 rings (SSSR count). The van der Waals surface area contributed by atoms with Crippen LogP contribution >= 0.6 is 14.3 Å². The van der Waals surface area contributed by atoms with Crippen LogP contribution in [0.15, 0.2) is 12.1 Å². The molecule has 0 aromatic heterocycles. The molecule has 4 fully saturated rings. The number of hydrogen-bond donors (Lipinski definition) is 0. The molecule has 0 radical (unpaired) electrons. The first-order valence-corrected chi connectivity index (χ1v) is 23.4. The molecule has 0 aliphatic heterocycles. The SMILES string of the molecule is COc1c(C)cc(P(=O)(C2CCCCC2)C2CCCCC2)c(-c2c(P(=O)(C3CCCCC3)C3CCCCC3)cc(C)c(OC)c2C)c1C. The second-order valence-electron chi connectivity index (χ2n) is 16.1. The molecule has 4 aliphatic rings. The Labute approximate surface area is 292 Å². The van der Waals surface area contributed by atoms with E-state index >= 15 is 9.13 Å². The number of ether oxygens (including phenoxy) is 2. The van der Waals surface area contributed by atoms with Gasteiger partial charge in [-0.25, -0.2) is 0 Å². The van der Waals surface area contributed by atoms with Crippen molar-refractivity contribution in [2.75, 3.05) is 14.2 Å². The smallest absolute Gasteiger partial charge is 0.125 e.